The maximum atomic E-state index is 5.90. The number of benzene rings is 1. The third-order valence-electron chi connectivity index (χ3n) is 3.87. The standard InChI is InChI=1S/C17H29NO/c1-12(2)14(11-18)9-13-10-15(17(3,4)5)7-8-16(13)19-6/h7-8,10,12,14H,9,11,18H2,1-6H3. The van der Waals surface area contributed by atoms with Gasteiger partial charge in [0.1, 0.15) is 5.75 Å². The van der Waals surface area contributed by atoms with Gasteiger partial charge in [0.2, 0.25) is 0 Å². The summed E-state index contributed by atoms with van der Waals surface area (Å²) < 4.78 is 5.50. The molecule has 1 aromatic rings. The van der Waals surface area contributed by atoms with Crippen molar-refractivity contribution in [2.75, 3.05) is 13.7 Å². The van der Waals surface area contributed by atoms with Gasteiger partial charge in [0.05, 0.1) is 7.11 Å². The minimum atomic E-state index is 0.164. The molecule has 108 valence electrons. The van der Waals surface area contributed by atoms with Crippen LogP contribution in [0.25, 0.3) is 0 Å². The van der Waals surface area contributed by atoms with Crippen molar-refractivity contribution >= 4 is 0 Å². The second kappa shape index (κ2) is 6.42. The molecule has 0 aliphatic carbocycles. The molecule has 0 aliphatic heterocycles. The van der Waals surface area contributed by atoms with Gasteiger partial charge < -0.3 is 10.5 Å². The highest BCUT2D eigenvalue weighted by molar-refractivity contribution is 5.40. The molecule has 1 aromatic carbocycles. The number of nitrogens with two attached hydrogens (primary N) is 1. The van der Waals surface area contributed by atoms with Crippen molar-refractivity contribution in [3.05, 3.63) is 29.3 Å². The highest BCUT2D eigenvalue weighted by Gasteiger charge is 2.19. The fraction of sp³-hybridized carbons (Fsp3) is 0.647. The van der Waals surface area contributed by atoms with E-state index in [1.807, 2.05) is 0 Å². The first kappa shape index (κ1) is 16.0. The number of rotatable bonds is 5. The van der Waals surface area contributed by atoms with Gasteiger partial charge in [-0.05, 0) is 47.4 Å². The summed E-state index contributed by atoms with van der Waals surface area (Å²) in [6, 6.07) is 6.53. The van der Waals surface area contributed by atoms with E-state index in [4.69, 9.17) is 10.5 Å². The first-order chi connectivity index (χ1) is 8.79. The van der Waals surface area contributed by atoms with E-state index in [0.29, 0.717) is 11.8 Å². The van der Waals surface area contributed by atoms with Crippen LogP contribution < -0.4 is 10.5 Å². The Morgan fingerprint density at radius 3 is 2.26 bits per heavy atom. The summed E-state index contributed by atoms with van der Waals surface area (Å²) in [5.74, 6) is 2.07. The number of hydrogen-bond donors (Lipinski definition) is 1. The van der Waals surface area contributed by atoms with Crippen LogP contribution in [0.2, 0.25) is 0 Å². The summed E-state index contributed by atoms with van der Waals surface area (Å²) in [4.78, 5) is 0. The minimum Gasteiger partial charge on any atom is -0.496 e. The first-order valence-corrected chi connectivity index (χ1v) is 7.17. The molecule has 0 saturated carbocycles. The van der Waals surface area contributed by atoms with Gasteiger partial charge in [0.25, 0.3) is 0 Å². The van der Waals surface area contributed by atoms with Crippen LogP contribution >= 0.6 is 0 Å². The van der Waals surface area contributed by atoms with E-state index in [-0.39, 0.29) is 5.41 Å². The molecule has 1 unspecified atom stereocenters. The predicted molar refractivity (Wildman–Crippen MR) is 82.8 cm³/mol. The quantitative estimate of drug-likeness (QED) is 0.877. The lowest BCUT2D eigenvalue weighted by Crippen LogP contribution is -2.22. The summed E-state index contributed by atoms with van der Waals surface area (Å²) >= 11 is 0. The summed E-state index contributed by atoms with van der Waals surface area (Å²) in [5.41, 5.74) is 8.69. The Balaban J connectivity index is 3.09. The monoisotopic (exact) mass is 263 g/mol. The third-order valence-corrected chi connectivity index (χ3v) is 3.87. The zero-order chi connectivity index (χ0) is 14.6. The normalized spacial score (nSPS) is 13.7. The highest BCUT2D eigenvalue weighted by Crippen LogP contribution is 2.30. The van der Waals surface area contributed by atoms with Crippen molar-refractivity contribution in [3.63, 3.8) is 0 Å². The molecule has 0 radical (unpaired) electrons. The topological polar surface area (TPSA) is 35.2 Å². The van der Waals surface area contributed by atoms with Crippen molar-refractivity contribution < 1.29 is 4.74 Å². The van der Waals surface area contributed by atoms with Crippen LogP contribution in [0.3, 0.4) is 0 Å². The summed E-state index contributed by atoms with van der Waals surface area (Å²) in [5, 5.41) is 0. The lowest BCUT2D eigenvalue weighted by atomic mass is 9.83. The number of ether oxygens (including phenoxy) is 1. The fourth-order valence-electron chi connectivity index (χ4n) is 2.28. The van der Waals surface area contributed by atoms with Crippen molar-refractivity contribution in [1.82, 2.24) is 0 Å². The molecule has 0 amide bonds. The molecular formula is C17H29NO. The van der Waals surface area contributed by atoms with Gasteiger partial charge in [0.15, 0.2) is 0 Å². The van der Waals surface area contributed by atoms with Crippen molar-refractivity contribution in [3.8, 4) is 5.75 Å². The second-order valence-electron chi connectivity index (χ2n) is 6.72. The predicted octanol–water partition coefficient (Wildman–Crippen LogP) is 3.77. The van der Waals surface area contributed by atoms with Crippen molar-refractivity contribution in [1.29, 1.82) is 0 Å². The van der Waals surface area contributed by atoms with E-state index in [9.17, 15) is 0 Å². The number of hydrogen-bond acceptors (Lipinski definition) is 2. The van der Waals surface area contributed by atoms with E-state index >= 15 is 0 Å². The lowest BCUT2D eigenvalue weighted by molar-refractivity contribution is 0.372. The molecule has 1 rings (SSSR count). The van der Waals surface area contributed by atoms with Gasteiger partial charge in [-0.1, -0.05) is 46.8 Å². The Kier molecular flexibility index (Phi) is 5.42. The Morgan fingerprint density at radius 2 is 1.84 bits per heavy atom. The van der Waals surface area contributed by atoms with Gasteiger partial charge in [-0.25, -0.2) is 0 Å². The van der Waals surface area contributed by atoms with Gasteiger partial charge in [-0.15, -0.1) is 0 Å². The van der Waals surface area contributed by atoms with Crippen LogP contribution in [-0.4, -0.2) is 13.7 Å². The molecule has 0 heterocycles. The molecule has 2 nitrogen and oxygen atoms in total. The Morgan fingerprint density at radius 1 is 1.21 bits per heavy atom. The van der Waals surface area contributed by atoms with Crippen LogP contribution in [0.15, 0.2) is 18.2 Å². The van der Waals surface area contributed by atoms with Gasteiger partial charge in [0, 0.05) is 0 Å². The maximum absolute atomic E-state index is 5.90. The Bertz CT molecular complexity index is 404. The third kappa shape index (κ3) is 4.24. The Hall–Kier alpha value is -1.02. The summed E-state index contributed by atoms with van der Waals surface area (Å²) in [7, 11) is 1.74. The van der Waals surface area contributed by atoms with E-state index in [1.54, 1.807) is 7.11 Å². The smallest absolute Gasteiger partial charge is 0.122 e. The highest BCUT2D eigenvalue weighted by atomic mass is 16.5. The molecule has 0 aliphatic rings. The largest absolute Gasteiger partial charge is 0.496 e. The van der Waals surface area contributed by atoms with Crippen LogP contribution in [0, 0.1) is 11.8 Å². The molecule has 2 N–H and O–H groups in total. The number of methoxy groups -OCH3 is 1. The second-order valence-corrected chi connectivity index (χ2v) is 6.72. The summed E-state index contributed by atoms with van der Waals surface area (Å²) in [6.07, 6.45) is 0.987. The van der Waals surface area contributed by atoms with E-state index in [2.05, 4.69) is 52.8 Å². The molecule has 1 atom stereocenters. The van der Waals surface area contributed by atoms with E-state index in [0.717, 1.165) is 18.7 Å². The molecule has 0 spiro atoms. The average Bonchev–Trinajstić information content (AvgIpc) is 2.34. The Labute approximate surface area is 118 Å². The zero-order valence-electron chi connectivity index (χ0n) is 13.3. The summed E-state index contributed by atoms with van der Waals surface area (Å²) in [6.45, 7) is 11.9. The zero-order valence-corrected chi connectivity index (χ0v) is 13.3. The van der Waals surface area contributed by atoms with Gasteiger partial charge in [-0.3, -0.25) is 0 Å². The molecule has 0 saturated heterocycles. The molecule has 19 heavy (non-hydrogen) atoms. The van der Waals surface area contributed by atoms with Crippen LogP contribution in [0.4, 0.5) is 0 Å². The average molecular weight is 263 g/mol. The van der Waals surface area contributed by atoms with Crippen LogP contribution in [0.5, 0.6) is 5.75 Å². The molecule has 0 bridgehead atoms. The molecule has 0 aromatic heterocycles. The molecule has 0 fully saturated rings. The van der Waals surface area contributed by atoms with Crippen molar-refractivity contribution in [2.45, 2.75) is 46.5 Å². The molecular weight excluding hydrogens is 234 g/mol. The lowest BCUT2D eigenvalue weighted by Gasteiger charge is -2.24. The minimum absolute atomic E-state index is 0.164. The van der Waals surface area contributed by atoms with Gasteiger partial charge >= 0.3 is 0 Å². The molecule has 2 heteroatoms. The van der Waals surface area contributed by atoms with Crippen LogP contribution in [0.1, 0.15) is 45.7 Å². The van der Waals surface area contributed by atoms with E-state index < -0.39 is 0 Å². The van der Waals surface area contributed by atoms with E-state index in [1.165, 1.54) is 11.1 Å². The first-order valence-electron chi connectivity index (χ1n) is 7.17. The van der Waals surface area contributed by atoms with Crippen molar-refractivity contribution in [2.24, 2.45) is 17.6 Å². The SMILES string of the molecule is COc1ccc(C(C)(C)C)cc1CC(CN)C(C)C. The van der Waals surface area contributed by atoms with Crippen LogP contribution in [-0.2, 0) is 11.8 Å². The maximum Gasteiger partial charge on any atom is 0.122 e. The van der Waals surface area contributed by atoms with Gasteiger partial charge in [-0.2, -0.15) is 0 Å². The fourth-order valence-corrected chi connectivity index (χ4v) is 2.28.